The molecule has 1 heterocycles. The van der Waals surface area contributed by atoms with Gasteiger partial charge in [0.2, 0.25) is 10.0 Å². The van der Waals surface area contributed by atoms with Crippen molar-refractivity contribution in [2.45, 2.75) is 64.1 Å². The van der Waals surface area contributed by atoms with Crippen LogP contribution in [-0.2, 0) is 16.6 Å². The minimum absolute atomic E-state index is 0.140. The van der Waals surface area contributed by atoms with Gasteiger partial charge in [-0.15, -0.1) is 11.3 Å². The summed E-state index contributed by atoms with van der Waals surface area (Å²) in [5.74, 6) is 0.519. The van der Waals surface area contributed by atoms with Crippen molar-refractivity contribution in [3.63, 3.8) is 0 Å². The van der Waals surface area contributed by atoms with E-state index in [2.05, 4.69) is 30.8 Å². The predicted octanol–water partition coefficient (Wildman–Crippen LogP) is 2.63. The van der Waals surface area contributed by atoms with Crippen LogP contribution in [0.1, 0.15) is 43.4 Å². The van der Waals surface area contributed by atoms with Crippen molar-refractivity contribution >= 4 is 21.4 Å². The Kier molecular flexibility index (Phi) is 4.89. The normalized spacial score (nSPS) is 22.4. The number of thiophene rings is 1. The molecule has 0 radical (unpaired) electrons. The van der Waals surface area contributed by atoms with Gasteiger partial charge < -0.3 is 5.32 Å². The van der Waals surface area contributed by atoms with Crippen LogP contribution in [0.2, 0.25) is 0 Å². The topological polar surface area (TPSA) is 58.2 Å². The van der Waals surface area contributed by atoms with Crippen LogP contribution >= 0.6 is 11.3 Å². The van der Waals surface area contributed by atoms with Crippen molar-refractivity contribution in [2.24, 2.45) is 5.92 Å². The first-order chi connectivity index (χ1) is 9.33. The highest BCUT2D eigenvalue weighted by Crippen LogP contribution is 2.35. The van der Waals surface area contributed by atoms with Gasteiger partial charge in [0, 0.05) is 28.4 Å². The molecule has 1 aliphatic rings. The van der Waals surface area contributed by atoms with Crippen LogP contribution in [0.4, 0.5) is 0 Å². The van der Waals surface area contributed by atoms with Gasteiger partial charge in [0.25, 0.3) is 0 Å². The van der Waals surface area contributed by atoms with Gasteiger partial charge in [-0.05, 0) is 25.3 Å². The zero-order valence-electron chi connectivity index (χ0n) is 12.6. The molecule has 0 amide bonds. The third-order valence-electron chi connectivity index (χ3n) is 3.65. The van der Waals surface area contributed by atoms with Crippen molar-refractivity contribution in [1.29, 1.82) is 0 Å². The molecule has 0 aliphatic heterocycles. The lowest BCUT2D eigenvalue weighted by molar-refractivity contribution is 0.575. The number of hydrogen-bond donors (Lipinski definition) is 2. The molecular weight excluding hydrogens is 292 g/mol. The van der Waals surface area contributed by atoms with Gasteiger partial charge in [0.05, 0.1) is 4.90 Å². The molecule has 0 bridgehead atoms. The maximum absolute atomic E-state index is 12.4. The standard InChI is InChI=1S/C14H24N2O2S2/c1-5-11-6-13(11)16-20(17,18)14-7-12(19-10(14)4)8-15-9(2)3/h7,9,11,13,15-16H,5-6,8H2,1-4H3. The fourth-order valence-corrected chi connectivity index (χ4v) is 5.19. The number of aryl methyl sites for hydroxylation is 1. The summed E-state index contributed by atoms with van der Waals surface area (Å²) < 4.78 is 27.6. The van der Waals surface area contributed by atoms with Crippen LogP contribution < -0.4 is 10.0 Å². The highest BCUT2D eigenvalue weighted by Gasteiger charge is 2.39. The van der Waals surface area contributed by atoms with E-state index in [0.29, 0.717) is 16.9 Å². The molecule has 0 saturated heterocycles. The van der Waals surface area contributed by atoms with Crippen LogP contribution in [0.15, 0.2) is 11.0 Å². The average molecular weight is 316 g/mol. The Hall–Kier alpha value is -0.430. The second kappa shape index (κ2) is 6.13. The quantitative estimate of drug-likeness (QED) is 0.813. The molecule has 20 heavy (non-hydrogen) atoms. The molecule has 114 valence electrons. The molecule has 0 spiro atoms. The van der Waals surface area contributed by atoms with Crippen molar-refractivity contribution in [1.82, 2.24) is 10.0 Å². The zero-order valence-corrected chi connectivity index (χ0v) is 14.2. The Morgan fingerprint density at radius 1 is 1.45 bits per heavy atom. The van der Waals surface area contributed by atoms with E-state index < -0.39 is 10.0 Å². The zero-order chi connectivity index (χ0) is 14.9. The van der Waals surface area contributed by atoms with Crippen LogP contribution in [0.25, 0.3) is 0 Å². The highest BCUT2D eigenvalue weighted by atomic mass is 32.2. The van der Waals surface area contributed by atoms with Crippen molar-refractivity contribution in [3.05, 3.63) is 15.8 Å². The van der Waals surface area contributed by atoms with E-state index >= 15 is 0 Å². The Bertz CT molecular complexity index is 564. The number of nitrogens with one attached hydrogen (secondary N) is 2. The van der Waals surface area contributed by atoms with E-state index in [1.165, 1.54) is 0 Å². The van der Waals surface area contributed by atoms with E-state index in [4.69, 9.17) is 0 Å². The maximum atomic E-state index is 12.4. The molecule has 1 aromatic rings. The summed E-state index contributed by atoms with van der Waals surface area (Å²) in [5.41, 5.74) is 0. The summed E-state index contributed by atoms with van der Waals surface area (Å²) in [6.45, 7) is 8.86. The van der Waals surface area contributed by atoms with Crippen molar-refractivity contribution in [2.75, 3.05) is 0 Å². The lowest BCUT2D eigenvalue weighted by Gasteiger charge is -2.06. The SMILES string of the molecule is CCC1CC1NS(=O)(=O)c1cc(CNC(C)C)sc1C. The lowest BCUT2D eigenvalue weighted by atomic mass is 10.3. The molecule has 6 heteroatoms. The second-order valence-corrected chi connectivity index (χ2v) is 8.82. The van der Waals surface area contributed by atoms with E-state index in [9.17, 15) is 8.42 Å². The molecule has 1 aromatic heterocycles. The molecule has 2 unspecified atom stereocenters. The first-order valence-corrected chi connectivity index (χ1v) is 9.48. The highest BCUT2D eigenvalue weighted by molar-refractivity contribution is 7.89. The summed E-state index contributed by atoms with van der Waals surface area (Å²) in [6.07, 6.45) is 2.01. The monoisotopic (exact) mass is 316 g/mol. The van der Waals surface area contributed by atoms with Crippen LogP contribution in [0, 0.1) is 12.8 Å². The Balaban J connectivity index is 2.07. The Labute approximate surface area is 126 Å². The van der Waals surface area contributed by atoms with Gasteiger partial charge in [-0.2, -0.15) is 0 Å². The summed E-state index contributed by atoms with van der Waals surface area (Å²) in [7, 11) is -3.36. The maximum Gasteiger partial charge on any atom is 0.241 e. The molecule has 0 aromatic carbocycles. The van der Waals surface area contributed by atoms with Crippen LogP contribution in [-0.4, -0.2) is 20.5 Å². The first-order valence-electron chi connectivity index (χ1n) is 7.18. The number of hydrogen-bond acceptors (Lipinski definition) is 4. The van der Waals surface area contributed by atoms with E-state index in [0.717, 1.165) is 29.1 Å². The molecule has 1 fully saturated rings. The summed E-state index contributed by atoms with van der Waals surface area (Å²) in [4.78, 5) is 2.39. The molecule has 2 atom stereocenters. The minimum Gasteiger partial charge on any atom is -0.310 e. The summed E-state index contributed by atoms with van der Waals surface area (Å²) >= 11 is 1.56. The third-order valence-corrected chi connectivity index (χ3v) is 6.45. The molecule has 1 aliphatic carbocycles. The van der Waals surface area contributed by atoms with Gasteiger partial charge in [-0.3, -0.25) is 0 Å². The smallest absolute Gasteiger partial charge is 0.241 e. The van der Waals surface area contributed by atoms with Gasteiger partial charge in [0.1, 0.15) is 0 Å². The van der Waals surface area contributed by atoms with Crippen molar-refractivity contribution in [3.8, 4) is 0 Å². The van der Waals surface area contributed by atoms with Gasteiger partial charge >= 0.3 is 0 Å². The first kappa shape index (κ1) is 15.9. The molecular formula is C14H24N2O2S2. The molecule has 2 rings (SSSR count). The minimum atomic E-state index is -3.36. The van der Waals surface area contributed by atoms with Crippen LogP contribution in [0.5, 0.6) is 0 Å². The molecule has 1 saturated carbocycles. The van der Waals surface area contributed by atoms with Gasteiger partial charge in [0.15, 0.2) is 0 Å². The van der Waals surface area contributed by atoms with E-state index in [1.807, 2.05) is 6.92 Å². The second-order valence-electron chi connectivity index (χ2n) is 5.80. The Morgan fingerprint density at radius 3 is 2.70 bits per heavy atom. The summed E-state index contributed by atoms with van der Waals surface area (Å²) in [6, 6.07) is 2.34. The van der Waals surface area contributed by atoms with E-state index in [1.54, 1.807) is 17.4 Å². The fourth-order valence-electron chi connectivity index (χ4n) is 2.29. The van der Waals surface area contributed by atoms with Gasteiger partial charge in [-0.1, -0.05) is 27.2 Å². The number of sulfonamides is 1. The Morgan fingerprint density at radius 2 is 2.15 bits per heavy atom. The molecule has 4 nitrogen and oxygen atoms in total. The average Bonchev–Trinajstić information content (AvgIpc) is 2.97. The largest absolute Gasteiger partial charge is 0.310 e. The predicted molar refractivity (Wildman–Crippen MR) is 83.5 cm³/mol. The van der Waals surface area contributed by atoms with Gasteiger partial charge in [-0.25, -0.2) is 13.1 Å². The third kappa shape index (κ3) is 3.81. The lowest BCUT2D eigenvalue weighted by Crippen LogP contribution is -2.27. The molecule has 2 N–H and O–H groups in total. The number of rotatable bonds is 7. The summed E-state index contributed by atoms with van der Waals surface area (Å²) in [5, 5.41) is 3.32. The van der Waals surface area contributed by atoms with E-state index in [-0.39, 0.29) is 6.04 Å². The van der Waals surface area contributed by atoms with Crippen LogP contribution in [0.3, 0.4) is 0 Å². The fraction of sp³-hybridized carbons (Fsp3) is 0.714. The van der Waals surface area contributed by atoms with Crippen molar-refractivity contribution < 1.29 is 8.42 Å².